The summed E-state index contributed by atoms with van der Waals surface area (Å²) in [4.78, 5) is 37.7. The molecule has 0 radical (unpaired) electrons. The fourth-order valence-corrected chi connectivity index (χ4v) is 3.70. The lowest BCUT2D eigenvalue weighted by Gasteiger charge is -2.23. The van der Waals surface area contributed by atoms with E-state index in [2.05, 4.69) is 10.6 Å². The van der Waals surface area contributed by atoms with Crippen molar-refractivity contribution in [2.75, 3.05) is 33.0 Å². The van der Waals surface area contributed by atoms with Gasteiger partial charge >= 0.3 is 0 Å². The highest BCUT2D eigenvalue weighted by Crippen LogP contribution is 2.17. The molecule has 10 heteroatoms. The van der Waals surface area contributed by atoms with Crippen molar-refractivity contribution in [2.24, 2.45) is 0 Å². The maximum Gasteiger partial charge on any atom is 0.242 e. The molecule has 29 heavy (non-hydrogen) atoms. The third-order valence-electron chi connectivity index (χ3n) is 4.63. The first kappa shape index (κ1) is 22.7. The lowest BCUT2D eigenvalue weighted by molar-refractivity contribution is -0.138. The van der Waals surface area contributed by atoms with E-state index in [1.807, 2.05) is 0 Å². The van der Waals surface area contributed by atoms with Crippen LogP contribution in [0.25, 0.3) is 0 Å². The smallest absolute Gasteiger partial charge is 0.242 e. The molecule has 1 saturated heterocycles. The third kappa shape index (κ3) is 6.74. The van der Waals surface area contributed by atoms with Crippen LogP contribution in [0.15, 0.2) is 29.2 Å². The van der Waals surface area contributed by atoms with Gasteiger partial charge in [-0.15, -0.1) is 0 Å². The van der Waals surface area contributed by atoms with Gasteiger partial charge in [0, 0.05) is 26.3 Å². The minimum absolute atomic E-state index is 0.139. The summed E-state index contributed by atoms with van der Waals surface area (Å²) in [6, 6.07) is 5.59. The molecule has 1 aliphatic heterocycles. The lowest BCUT2D eigenvalue weighted by atomic mass is 10.2. The average molecular weight is 426 g/mol. The highest BCUT2D eigenvalue weighted by molar-refractivity contribution is 7.90. The van der Waals surface area contributed by atoms with Crippen molar-refractivity contribution in [3.8, 4) is 5.75 Å². The van der Waals surface area contributed by atoms with Gasteiger partial charge in [-0.1, -0.05) is 0 Å². The number of ether oxygens (including phenoxy) is 1. The van der Waals surface area contributed by atoms with Gasteiger partial charge in [-0.25, -0.2) is 8.42 Å². The van der Waals surface area contributed by atoms with Crippen LogP contribution >= 0.6 is 0 Å². The zero-order valence-electron chi connectivity index (χ0n) is 16.6. The van der Waals surface area contributed by atoms with E-state index in [0.717, 1.165) is 12.7 Å². The first-order valence-corrected chi connectivity index (χ1v) is 11.3. The summed E-state index contributed by atoms with van der Waals surface area (Å²) in [7, 11) is -1.71. The summed E-state index contributed by atoms with van der Waals surface area (Å²) in [5.74, 6) is -0.220. The maximum absolute atomic E-state index is 12.3. The third-order valence-corrected chi connectivity index (χ3v) is 5.76. The average Bonchev–Trinajstić information content (AvgIpc) is 3.18. The van der Waals surface area contributed by atoms with Crippen molar-refractivity contribution in [2.45, 2.75) is 36.6 Å². The SMILES string of the molecule is CNC(=O)C1CCCN1C(=O)CNC(=O)CCCOc1ccc(S(C)(=O)=O)cc1. The molecule has 1 aliphatic rings. The molecule has 0 spiro atoms. The Labute approximate surface area is 170 Å². The summed E-state index contributed by atoms with van der Waals surface area (Å²) in [6.45, 7) is 0.656. The second kappa shape index (κ2) is 10.2. The standard InChI is InChI=1S/C19H27N3O6S/c1-20-19(25)16-5-3-11-22(16)18(24)13-21-17(23)6-4-12-28-14-7-9-15(10-8-14)29(2,26)27/h7-10,16H,3-6,11-13H2,1-2H3,(H,20,25)(H,21,23). The van der Waals surface area contributed by atoms with Crippen LogP contribution in [-0.2, 0) is 24.2 Å². The zero-order chi connectivity index (χ0) is 21.4. The second-order valence-corrected chi connectivity index (χ2v) is 8.85. The van der Waals surface area contributed by atoms with Crippen LogP contribution in [-0.4, -0.2) is 70.1 Å². The summed E-state index contributed by atoms with van der Waals surface area (Å²) < 4.78 is 28.3. The predicted molar refractivity (Wildman–Crippen MR) is 106 cm³/mol. The number of nitrogens with zero attached hydrogens (tertiary/aromatic N) is 1. The monoisotopic (exact) mass is 425 g/mol. The van der Waals surface area contributed by atoms with Gasteiger partial charge in [0.05, 0.1) is 18.0 Å². The van der Waals surface area contributed by atoms with Crippen LogP contribution in [0.5, 0.6) is 5.75 Å². The van der Waals surface area contributed by atoms with Gasteiger partial charge in [0.1, 0.15) is 11.8 Å². The molecule has 9 nitrogen and oxygen atoms in total. The number of likely N-dealkylation sites (tertiary alicyclic amines) is 1. The molecule has 2 rings (SSSR count). The summed E-state index contributed by atoms with van der Waals surface area (Å²) in [5, 5.41) is 5.13. The normalized spacial score (nSPS) is 16.3. The van der Waals surface area contributed by atoms with Gasteiger partial charge in [0.25, 0.3) is 0 Å². The Balaban J connectivity index is 1.67. The Kier molecular flexibility index (Phi) is 8.00. The first-order chi connectivity index (χ1) is 13.7. The minimum Gasteiger partial charge on any atom is -0.494 e. The molecule has 0 aromatic heterocycles. The van der Waals surface area contributed by atoms with E-state index < -0.39 is 15.9 Å². The fraction of sp³-hybridized carbons (Fsp3) is 0.526. The van der Waals surface area contributed by atoms with Crippen molar-refractivity contribution >= 4 is 27.6 Å². The molecule has 1 unspecified atom stereocenters. The number of hydrogen-bond acceptors (Lipinski definition) is 6. The van der Waals surface area contributed by atoms with Crippen LogP contribution < -0.4 is 15.4 Å². The van der Waals surface area contributed by atoms with Crippen molar-refractivity contribution in [1.29, 1.82) is 0 Å². The van der Waals surface area contributed by atoms with E-state index in [4.69, 9.17) is 4.74 Å². The van der Waals surface area contributed by atoms with Gasteiger partial charge in [0.2, 0.25) is 17.7 Å². The summed E-state index contributed by atoms with van der Waals surface area (Å²) in [6.07, 6.45) is 3.16. The highest BCUT2D eigenvalue weighted by atomic mass is 32.2. The molecule has 1 fully saturated rings. The Bertz CT molecular complexity index is 838. The molecule has 0 bridgehead atoms. The van der Waals surface area contributed by atoms with Crippen LogP contribution in [0, 0.1) is 0 Å². The molecule has 1 atom stereocenters. The van der Waals surface area contributed by atoms with Crippen LogP contribution in [0.2, 0.25) is 0 Å². The summed E-state index contributed by atoms with van der Waals surface area (Å²) in [5.41, 5.74) is 0. The molecule has 0 aliphatic carbocycles. The van der Waals surface area contributed by atoms with Crippen LogP contribution in [0.1, 0.15) is 25.7 Å². The Morgan fingerprint density at radius 3 is 2.52 bits per heavy atom. The fourth-order valence-electron chi connectivity index (χ4n) is 3.07. The molecule has 160 valence electrons. The Hall–Kier alpha value is -2.62. The Morgan fingerprint density at radius 2 is 1.90 bits per heavy atom. The van der Waals surface area contributed by atoms with Crippen molar-refractivity contribution in [3.63, 3.8) is 0 Å². The number of benzene rings is 1. The van der Waals surface area contributed by atoms with Crippen molar-refractivity contribution < 1.29 is 27.5 Å². The van der Waals surface area contributed by atoms with E-state index in [0.29, 0.717) is 25.1 Å². The summed E-state index contributed by atoms with van der Waals surface area (Å²) >= 11 is 0. The molecule has 3 amide bonds. The quantitative estimate of drug-likeness (QED) is 0.541. The van der Waals surface area contributed by atoms with Crippen molar-refractivity contribution in [1.82, 2.24) is 15.5 Å². The molecule has 1 aromatic carbocycles. The molecule has 0 saturated carbocycles. The highest BCUT2D eigenvalue weighted by Gasteiger charge is 2.33. The molecule has 1 aromatic rings. The van der Waals surface area contributed by atoms with Crippen LogP contribution in [0.4, 0.5) is 0 Å². The van der Waals surface area contributed by atoms with Gasteiger partial charge in [-0.05, 0) is 43.5 Å². The number of carbonyl (C=O) groups excluding carboxylic acids is 3. The molecular weight excluding hydrogens is 398 g/mol. The first-order valence-electron chi connectivity index (χ1n) is 9.43. The van der Waals surface area contributed by atoms with E-state index >= 15 is 0 Å². The predicted octanol–water partition coefficient (Wildman–Crippen LogP) is 0.102. The minimum atomic E-state index is -3.25. The number of nitrogens with one attached hydrogen (secondary N) is 2. The number of hydrogen-bond donors (Lipinski definition) is 2. The Morgan fingerprint density at radius 1 is 1.21 bits per heavy atom. The topological polar surface area (TPSA) is 122 Å². The van der Waals surface area contributed by atoms with Gasteiger partial charge in [0.15, 0.2) is 9.84 Å². The van der Waals surface area contributed by atoms with Crippen LogP contribution in [0.3, 0.4) is 0 Å². The van der Waals surface area contributed by atoms with E-state index in [-0.39, 0.29) is 42.2 Å². The van der Waals surface area contributed by atoms with Gasteiger partial charge < -0.3 is 20.3 Å². The maximum atomic E-state index is 12.3. The largest absolute Gasteiger partial charge is 0.494 e. The van der Waals surface area contributed by atoms with Gasteiger partial charge in [-0.3, -0.25) is 14.4 Å². The molecule has 1 heterocycles. The van der Waals surface area contributed by atoms with Crippen molar-refractivity contribution in [3.05, 3.63) is 24.3 Å². The number of amides is 3. The lowest BCUT2D eigenvalue weighted by Crippen LogP contribution is -2.48. The number of carbonyl (C=O) groups is 3. The number of likely N-dealkylation sites (N-methyl/N-ethyl adjacent to an activating group) is 1. The second-order valence-electron chi connectivity index (χ2n) is 6.83. The number of sulfone groups is 1. The molecular formula is C19H27N3O6S. The number of rotatable bonds is 9. The zero-order valence-corrected chi connectivity index (χ0v) is 17.5. The molecule has 2 N–H and O–H groups in total. The van der Waals surface area contributed by atoms with E-state index in [1.165, 1.54) is 24.1 Å². The van der Waals surface area contributed by atoms with E-state index in [1.54, 1.807) is 12.1 Å². The van der Waals surface area contributed by atoms with Gasteiger partial charge in [-0.2, -0.15) is 0 Å². The van der Waals surface area contributed by atoms with E-state index in [9.17, 15) is 22.8 Å².